The zero-order valence-electron chi connectivity index (χ0n) is 12.0. The van der Waals surface area contributed by atoms with Crippen molar-refractivity contribution >= 4 is 23.2 Å². The van der Waals surface area contributed by atoms with Gasteiger partial charge in [-0.3, -0.25) is 0 Å². The lowest BCUT2D eigenvalue weighted by Gasteiger charge is -2.15. The van der Waals surface area contributed by atoms with Gasteiger partial charge in [-0.05, 0) is 29.8 Å². The van der Waals surface area contributed by atoms with Gasteiger partial charge in [0, 0.05) is 28.7 Å². The molecule has 0 aliphatic heterocycles. The third-order valence-electron chi connectivity index (χ3n) is 3.24. The summed E-state index contributed by atoms with van der Waals surface area (Å²) >= 11 is 12.1. The summed E-state index contributed by atoms with van der Waals surface area (Å²) in [7, 11) is 1.50. The average Bonchev–Trinajstić information content (AvgIpc) is 2.47. The highest BCUT2D eigenvalue weighted by Gasteiger charge is 2.15. The molecule has 0 radical (unpaired) electrons. The minimum absolute atomic E-state index is 0.0801. The normalized spacial score (nSPS) is 12.2. The van der Waals surface area contributed by atoms with Crippen molar-refractivity contribution in [1.82, 2.24) is 5.32 Å². The Morgan fingerprint density at radius 1 is 1.18 bits per heavy atom. The molecule has 22 heavy (non-hydrogen) atoms. The Kier molecular flexibility index (Phi) is 5.91. The quantitative estimate of drug-likeness (QED) is 0.752. The Morgan fingerprint density at radius 3 is 2.45 bits per heavy atom. The van der Waals surface area contributed by atoms with Crippen molar-refractivity contribution < 1.29 is 14.9 Å². The first kappa shape index (κ1) is 16.9. The van der Waals surface area contributed by atoms with E-state index in [4.69, 9.17) is 27.9 Å². The second-order valence-corrected chi connectivity index (χ2v) is 5.60. The van der Waals surface area contributed by atoms with Crippen LogP contribution in [-0.2, 0) is 6.54 Å². The standard InChI is InChI=1S/C16H17Cl2NO3/c1-22-15-6-5-10(7-13(15)20)8-19-9-14(21)16-11(17)3-2-4-12(16)18/h2-7,14,19-21H,8-9H2,1H3. The summed E-state index contributed by atoms with van der Waals surface area (Å²) in [5.41, 5.74) is 1.38. The van der Waals surface area contributed by atoms with Crippen molar-refractivity contribution in [3.05, 3.63) is 57.6 Å². The fourth-order valence-corrected chi connectivity index (χ4v) is 2.78. The molecule has 2 aromatic carbocycles. The second-order valence-electron chi connectivity index (χ2n) is 4.79. The van der Waals surface area contributed by atoms with Gasteiger partial charge in [0.15, 0.2) is 11.5 Å². The number of phenols is 1. The SMILES string of the molecule is COc1ccc(CNCC(O)c2c(Cl)cccc2Cl)cc1O. The average molecular weight is 342 g/mol. The van der Waals surface area contributed by atoms with Gasteiger partial charge in [0.25, 0.3) is 0 Å². The fourth-order valence-electron chi connectivity index (χ4n) is 2.13. The number of aromatic hydroxyl groups is 1. The molecule has 0 saturated heterocycles. The van der Waals surface area contributed by atoms with Gasteiger partial charge in [0.2, 0.25) is 0 Å². The summed E-state index contributed by atoms with van der Waals surface area (Å²) in [5, 5.41) is 23.9. The summed E-state index contributed by atoms with van der Waals surface area (Å²) in [5.74, 6) is 0.503. The Hall–Kier alpha value is -1.46. The zero-order valence-corrected chi connectivity index (χ0v) is 13.5. The molecule has 0 fully saturated rings. The number of rotatable bonds is 6. The van der Waals surface area contributed by atoms with Gasteiger partial charge in [0.1, 0.15) is 0 Å². The van der Waals surface area contributed by atoms with E-state index in [2.05, 4.69) is 5.32 Å². The molecule has 6 heteroatoms. The van der Waals surface area contributed by atoms with Gasteiger partial charge in [-0.1, -0.05) is 35.3 Å². The van der Waals surface area contributed by atoms with E-state index in [-0.39, 0.29) is 12.3 Å². The van der Waals surface area contributed by atoms with Crippen LogP contribution in [0.25, 0.3) is 0 Å². The Morgan fingerprint density at radius 2 is 1.86 bits per heavy atom. The number of hydrogen-bond donors (Lipinski definition) is 3. The van der Waals surface area contributed by atoms with E-state index in [1.165, 1.54) is 7.11 Å². The Labute approximate surface area is 139 Å². The number of halogens is 2. The van der Waals surface area contributed by atoms with Crippen LogP contribution in [0.4, 0.5) is 0 Å². The molecule has 2 rings (SSSR count). The van der Waals surface area contributed by atoms with Crippen LogP contribution in [0.2, 0.25) is 10.0 Å². The molecule has 0 aliphatic rings. The minimum atomic E-state index is -0.812. The number of methoxy groups -OCH3 is 1. The van der Waals surface area contributed by atoms with Gasteiger partial charge < -0.3 is 20.3 Å². The third kappa shape index (κ3) is 4.05. The van der Waals surface area contributed by atoms with Crippen LogP contribution < -0.4 is 10.1 Å². The molecule has 0 heterocycles. The van der Waals surface area contributed by atoms with Crippen LogP contribution in [-0.4, -0.2) is 23.9 Å². The number of phenolic OH excluding ortho intramolecular Hbond substituents is 1. The Balaban J connectivity index is 1.95. The summed E-state index contributed by atoms with van der Waals surface area (Å²) in [6, 6.07) is 10.2. The number of nitrogens with one attached hydrogen (secondary N) is 1. The van der Waals surface area contributed by atoms with E-state index in [1.807, 2.05) is 6.07 Å². The highest BCUT2D eigenvalue weighted by atomic mass is 35.5. The molecule has 3 N–H and O–H groups in total. The van der Waals surface area contributed by atoms with E-state index in [0.717, 1.165) is 5.56 Å². The predicted molar refractivity (Wildman–Crippen MR) is 87.8 cm³/mol. The van der Waals surface area contributed by atoms with Gasteiger partial charge in [-0.25, -0.2) is 0 Å². The largest absolute Gasteiger partial charge is 0.504 e. The molecule has 0 saturated carbocycles. The van der Waals surface area contributed by atoms with Crippen LogP contribution in [0, 0.1) is 0 Å². The van der Waals surface area contributed by atoms with E-state index < -0.39 is 6.10 Å². The van der Waals surface area contributed by atoms with Crippen molar-refractivity contribution in [2.45, 2.75) is 12.6 Å². The maximum Gasteiger partial charge on any atom is 0.160 e. The highest BCUT2D eigenvalue weighted by molar-refractivity contribution is 6.36. The lowest BCUT2D eigenvalue weighted by molar-refractivity contribution is 0.174. The Bertz CT molecular complexity index is 629. The first-order valence-electron chi connectivity index (χ1n) is 6.71. The lowest BCUT2D eigenvalue weighted by Crippen LogP contribution is -2.21. The predicted octanol–water partition coefficient (Wildman–Crippen LogP) is 3.53. The molecule has 4 nitrogen and oxygen atoms in total. The maximum absolute atomic E-state index is 10.2. The summed E-state index contributed by atoms with van der Waals surface area (Å²) in [6.07, 6.45) is -0.812. The third-order valence-corrected chi connectivity index (χ3v) is 3.90. The molecule has 0 aliphatic carbocycles. The van der Waals surface area contributed by atoms with Crippen molar-refractivity contribution in [3.63, 3.8) is 0 Å². The van der Waals surface area contributed by atoms with Gasteiger partial charge >= 0.3 is 0 Å². The highest BCUT2D eigenvalue weighted by Crippen LogP contribution is 2.30. The number of aliphatic hydroxyl groups is 1. The topological polar surface area (TPSA) is 61.7 Å². The first-order valence-corrected chi connectivity index (χ1v) is 7.47. The smallest absolute Gasteiger partial charge is 0.160 e. The van der Waals surface area contributed by atoms with Gasteiger partial charge in [0.05, 0.1) is 13.2 Å². The van der Waals surface area contributed by atoms with E-state index in [1.54, 1.807) is 30.3 Å². The van der Waals surface area contributed by atoms with Gasteiger partial charge in [-0.15, -0.1) is 0 Å². The summed E-state index contributed by atoms with van der Waals surface area (Å²) in [6.45, 7) is 0.771. The van der Waals surface area contributed by atoms with Gasteiger partial charge in [-0.2, -0.15) is 0 Å². The van der Waals surface area contributed by atoms with Crippen molar-refractivity contribution in [3.8, 4) is 11.5 Å². The fraction of sp³-hybridized carbons (Fsp3) is 0.250. The number of benzene rings is 2. The van der Waals surface area contributed by atoms with Crippen LogP contribution in [0.3, 0.4) is 0 Å². The van der Waals surface area contributed by atoms with Crippen molar-refractivity contribution in [2.75, 3.05) is 13.7 Å². The van der Waals surface area contributed by atoms with Crippen molar-refractivity contribution in [2.24, 2.45) is 0 Å². The second kappa shape index (κ2) is 7.70. The number of ether oxygens (including phenoxy) is 1. The van der Waals surface area contributed by atoms with E-state index in [0.29, 0.717) is 27.9 Å². The maximum atomic E-state index is 10.2. The molecular formula is C16H17Cl2NO3. The number of hydrogen-bond acceptors (Lipinski definition) is 4. The lowest BCUT2D eigenvalue weighted by atomic mass is 10.1. The zero-order chi connectivity index (χ0) is 16.1. The molecule has 0 spiro atoms. The van der Waals surface area contributed by atoms with E-state index in [9.17, 15) is 10.2 Å². The molecule has 1 unspecified atom stereocenters. The van der Waals surface area contributed by atoms with Crippen LogP contribution in [0.1, 0.15) is 17.2 Å². The van der Waals surface area contributed by atoms with E-state index >= 15 is 0 Å². The molecule has 1 atom stereocenters. The monoisotopic (exact) mass is 341 g/mol. The summed E-state index contributed by atoms with van der Waals surface area (Å²) < 4.78 is 4.99. The number of aliphatic hydroxyl groups excluding tert-OH is 1. The molecule has 0 amide bonds. The minimum Gasteiger partial charge on any atom is -0.504 e. The van der Waals surface area contributed by atoms with Crippen molar-refractivity contribution in [1.29, 1.82) is 0 Å². The first-order chi connectivity index (χ1) is 10.5. The molecule has 0 bridgehead atoms. The van der Waals surface area contributed by atoms with Crippen LogP contribution in [0.15, 0.2) is 36.4 Å². The molecule has 118 valence electrons. The summed E-state index contributed by atoms with van der Waals surface area (Å²) in [4.78, 5) is 0. The van der Waals surface area contributed by atoms with Crippen LogP contribution >= 0.6 is 23.2 Å². The molecular weight excluding hydrogens is 325 g/mol. The molecule has 2 aromatic rings. The van der Waals surface area contributed by atoms with Crippen LogP contribution in [0.5, 0.6) is 11.5 Å². The molecule has 0 aromatic heterocycles.